The molecule has 4 heterocycles. The van der Waals surface area contributed by atoms with Crippen molar-refractivity contribution in [3.05, 3.63) is 29.8 Å². The highest BCUT2D eigenvalue weighted by atomic mass is 32.1. The maximum atomic E-state index is 12.9. The molecule has 0 radical (unpaired) electrons. The fraction of sp³-hybridized carbons (Fsp3) is 0.500. The van der Waals surface area contributed by atoms with Crippen LogP contribution in [0.5, 0.6) is 0 Å². The average Bonchev–Trinajstić information content (AvgIpc) is 2.87. The number of anilines is 1. The summed E-state index contributed by atoms with van der Waals surface area (Å²) in [4.78, 5) is 4.73. The van der Waals surface area contributed by atoms with Crippen molar-refractivity contribution in [1.82, 2.24) is 15.1 Å². The van der Waals surface area contributed by atoms with E-state index in [-0.39, 0.29) is 0 Å². The van der Waals surface area contributed by atoms with Crippen LogP contribution in [0.1, 0.15) is 18.4 Å². The van der Waals surface area contributed by atoms with Crippen molar-refractivity contribution in [2.45, 2.75) is 25.1 Å². The van der Waals surface area contributed by atoms with E-state index in [1.165, 1.54) is 17.4 Å². The summed E-state index contributed by atoms with van der Waals surface area (Å²) in [6.45, 7) is 4.14. The lowest BCUT2D eigenvalue weighted by Gasteiger charge is -2.30. The third kappa shape index (κ3) is 3.00. The Labute approximate surface area is 141 Å². The number of fused-ring (bicyclic) bond motifs is 4. The molecule has 24 heavy (non-hydrogen) atoms. The second kappa shape index (κ2) is 6.00. The largest absolute Gasteiger partial charge is 0.416 e. The molecule has 8 heteroatoms. The lowest BCUT2D eigenvalue weighted by atomic mass is 10.1. The van der Waals surface area contributed by atoms with Gasteiger partial charge in [-0.1, -0.05) is 23.5 Å². The number of hydrogen-bond donors (Lipinski definition) is 0. The number of hydrogen-bond acceptors (Lipinski definition) is 5. The highest BCUT2D eigenvalue weighted by molar-refractivity contribution is 7.18. The van der Waals surface area contributed by atoms with Crippen LogP contribution < -0.4 is 4.90 Å². The van der Waals surface area contributed by atoms with Gasteiger partial charge in [0.25, 0.3) is 0 Å². The molecule has 0 spiro atoms. The second-order valence-corrected chi connectivity index (χ2v) is 7.19. The first-order valence-electron chi connectivity index (χ1n) is 8.01. The van der Waals surface area contributed by atoms with Crippen LogP contribution in [0.15, 0.2) is 24.3 Å². The van der Waals surface area contributed by atoms with Crippen LogP contribution in [0.25, 0.3) is 10.6 Å². The Morgan fingerprint density at radius 3 is 2.58 bits per heavy atom. The summed E-state index contributed by atoms with van der Waals surface area (Å²) in [5, 5.41) is 9.76. The molecule has 3 aliphatic rings. The predicted octanol–water partition coefficient (Wildman–Crippen LogP) is 3.51. The molecule has 128 valence electrons. The molecule has 0 saturated carbocycles. The van der Waals surface area contributed by atoms with Gasteiger partial charge in [0.1, 0.15) is 5.01 Å². The summed E-state index contributed by atoms with van der Waals surface area (Å²) < 4.78 is 38.6. The topological polar surface area (TPSA) is 32.3 Å². The predicted molar refractivity (Wildman–Crippen MR) is 87.2 cm³/mol. The van der Waals surface area contributed by atoms with Gasteiger partial charge in [0, 0.05) is 37.8 Å². The average molecular weight is 354 g/mol. The number of benzene rings is 1. The highest BCUT2D eigenvalue weighted by Crippen LogP contribution is 2.36. The van der Waals surface area contributed by atoms with Gasteiger partial charge in [0.15, 0.2) is 0 Å². The Kier molecular flexibility index (Phi) is 3.96. The van der Waals surface area contributed by atoms with E-state index in [4.69, 9.17) is 0 Å². The Morgan fingerprint density at radius 1 is 1.04 bits per heavy atom. The maximum absolute atomic E-state index is 12.9. The number of nitrogens with zero attached hydrogens (tertiary/aromatic N) is 4. The Hall–Kier alpha value is -1.67. The molecule has 1 aromatic carbocycles. The first-order valence-corrected chi connectivity index (χ1v) is 8.82. The Morgan fingerprint density at radius 2 is 1.83 bits per heavy atom. The van der Waals surface area contributed by atoms with E-state index >= 15 is 0 Å². The minimum Gasteiger partial charge on any atom is -0.342 e. The molecule has 3 saturated heterocycles. The summed E-state index contributed by atoms with van der Waals surface area (Å²) >= 11 is 1.38. The normalized spacial score (nSPS) is 24.2. The Balaban J connectivity index is 1.61. The van der Waals surface area contributed by atoms with Crippen molar-refractivity contribution in [3.8, 4) is 10.6 Å². The van der Waals surface area contributed by atoms with E-state index in [9.17, 15) is 13.2 Å². The number of piperidine rings is 1. The van der Waals surface area contributed by atoms with E-state index < -0.39 is 11.7 Å². The van der Waals surface area contributed by atoms with Crippen molar-refractivity contribution >= 4 is 16.5 Å². The van der Waals surface area contributed by atoms with Crippen molar-refractivity contribution in [3.63, 3.8) is 0 Å². The molecular weight excluding hydrogens is 337 g/mol. The minimum absolute atomic E-state index is 0.464. The van der Waals surface area contributed by atoms with Crippen LogP contribution in [0.3, 0.4) is 0 Å². The van der Waals surface area contributed by atoms with Gasteiger partial charge in [-0.3, -0.25) is 0 Å². The van der Waals surface area contributed by atoms with Crippen LogP contribution in [0.4, 0.5) is 18.3 Å². The molecule has 0 amide bonds. The third-order valence-corrected chi connectivity index (χ3v) is 5.76. The van der Waals surface area contributed by atoms with Crippen LogP contribution in [0.2, 0.25) is 0 Å². The lowest BCUT2D eigenvalue weighted by Crippen LogP contribution is -2.37. The van der Waals surface area contributed by atoms with Crippen LogP contribution in [-0.2, 0) is 6.18 Å². The van der Waals surface area contributed by atoms with Gasteiger partial charge in [-0.05, 0) is 25.0 Å². The smallest absolute Gasteiger partial charge is 0.342 e. The van der Waals surface area contributed by atoms with Crippen molar-refractivity contribution in [2.75, 3.05) is 31.1 Å². The number of rotatable bonds is 2. The van der Waals surface area contributed by atoms with Gasteiger partial charge in [-0.15, -0.1) is 10.2 Å². The van der Waals surface area contributed by atoms with Crippen LogP contribution in [-0.4, -0.2) is 47.3 Å². The van der Waals surface area contributed by atoms with E-state index in [2.05, 4.69) is 20.0 Å². The van der Waals surface area contributed by atoms with Crippen molar-refractivity contribution in [1.29, 1.82) is 0 Å². The molecule has 0 N–H and O–H groups in total. The lowest BCUT2D eigenvalue weighted by molar-refractivity contribution is -0.137. The van der Waals surface area contributed by atoms with Gasteiger partial charge >= 0.3 is 6.18 Å². The Bertz CT molecular complexity index is 722. The number of halogens is 3. The summed E-state index contributed by atoms with van der Waals surface area (Å²) in [6.07, 6.45) is -2.13. The first kappa shape index (κ1) is 15.8. The summed E-state index contributed by atoms with van der Waals surface area (Å²) in [5.41, 5.74) is -0.186. The van der Waals surface area contributed by atoms with Crippen molar-refractivity contribution in [2.24, 2.45) is 0 Å². The molecule has 5 rings (SSSR count). The van der Waals surface area contributed by atoms with Gasteiger partial charge in [0.05, 0.1) is 5.56 Å². The van der Waals surface area contributed by atoms with Gasteiger partial charge in [0.2, 0.25) is 5.13 Å². The zero-order valence-corrected chi connectivity index (χ0v) is 13.8. The summed E-state index contributed by atoms with van der Waals surface area (Å²) in [5.74, 6) is 0. The molecule has 2 bridgehead atoms. The molecule has 3 aliphatic heterocycles. The van der Waals surface area contributed by atoms with E-state index in [0.29, 0.717) is 16.6 Å². The molecule has 4 nitrogen and oxygen atoms in total. The summed E-state index contributed by atoms with van der Waals surface area (Å²) in [7, 11) is 0. The first-order chi connectivity index (χ1) is 11.5. The quantitative estimate of drug-likeness (QED) is 0.826. The summed E-state index contributed by atoms with van der Waals surface area (Å²) in [6, 6.07) is 5.75. The molecule has 2 aromatic rings. The molecule has 1 aromatic heterocycles. The number of alkyl halides is 3. The van der Waals surface area contributed by atoms with Gasteiger partial charge < -0.3 is 9.80 Å². The monoisotopic (exact) mass is 354 g/mol. The van der Waals surface area contributed by atoms with E-state index in [0.717, 1.165) is 56.3 Å². The van der Waals surface area contributed by atoms with Crippen LogP contribution in [0, 0.1) is 0 Å². The highest BCUT2D eigenvalue weighted by Gasteiger charge is 2.32. The van der Waals surface area contributed by atoms with E-state index in [1.807, 2.05) is 0 Å². The zero-order chi connectivity index (χ0) is 16.7. The van der Waals surface area contributed by atoms with Gasteiger partial charge in [-0.2, -0.15) is 13.2 Å². The molecule has 0 atom stereocenters. The van der Waals surface area contributed by atoms with Gasteiger partial charge in [-0.25, -0.2) is 0 Å². The molecular formula is C16H17F3N4S. The number of aromatic nitrogens is 2. The van der Waals surface area contributed by atoms with E-state index in [1.54, 1.807) is 6.07 Å². The fourth-order valence-corrected chi connectivity index (χ4v) is 4.35. The molecule has 3 fully saturated rings. The standard InChI is InChI=1S/C16H17F3N4S/c17-16(18,19)12-3-1-2-11(10-12)14-20-21-15(24-14)23-9-8-22-6-4-13(23)5-7-22/h1-3,10,13H,4-9H2. The minimum atomic E-state index is -4.35. The van der Waals surface area contributed by atoms with Crippen LogP contribution >= 0.6 is 11.3 Å². The third-order valence-electron chi connectivity index (χ3n) is 4.75. The molecule has 0 aliphatic carbocycles. The fourth-order valence-electron chi connectivity index (χ4n) is 3.41. The maximum Gasteiger partial charge on any atom is 0.416 e. The zero-order valence-electron chi connectivity index (χ0n) is 13.0. The SMILES string of the molecule is FC(F)(F)c1cccc(-c2nnc(N3CCN4CCC3CC4)s2)c1. The second-order valence-electron chi connectivity index (χ2n) is 6.23. The molecule has 0 unspecified atom stereocenters. The van der Waals surface area contributed by atoms with Crippen molar-refractivity contribution < 1.29 is 13.2 Å².